The topological polar surface area (TPSA) is 105 Å². The molecule has 0 aliphatic rings. The molecule has 3 aromatic rings. The molecule has 0 saturated carbocycles. The molecule has 0 unspecified atom stereocenters. The van der Waals surface area contributed by atoms with Gasteiger partial charge in [-0.05, 0) is 47.8 Å². The number of rotatable bonds is 8. The Bertz CT molecular complexity index is 1020. The summed E-state index contributed by atoms with van der Waals surface area (Å²) < 4.78 is 29.6. The number of sulfone groups is 1. The number of anilines is 1. The van der Waals surface area contributed by atoms with E-state index in [0.717, 1.165) is 11.3 Å². The molecule has 2 amide bonds. The normalized spacial score (nSPS) is 11.1. The third-order valence-corrected chi connectivity index (χ3v) is 7.04. The average molecular weight is 418 g/mol. The van der Waals surface area contributed by atoms with Gasteiger partial charge in [-0.1, -0.05) is 6.07 Å². The highest BCUT2D eigenvalue weighted by molar-refractivity contribution is 7.93. The van der Waals surface area contributed by atoms with Crippen molar-refractivity contribution in [3.05, 3.63) is 71.5 Å². The standard InChI is InChI=1S/C19H18N2O5S2/c22-17(9-12-28(24,25)18-4-2-11-27-18)21-15-7-5-14(6-8-15)19(23)20-13-16-3-1-10-26-16/h1-8,10-11H,9,12-13H2,(H,20,23)(H,21,22). The highest BCUT2D eigenvalue weighted by atomic mass is 32.2. The minimum absolute atomic E-state index is 0.147. The van der Waals surface area contributed by atoms with Crippen LogP contribution < -0.4 is 10.6 Å². The second kappa shape index (κ2) is 8.85. The van der Waals surface area contributed by atoms with Crippen LogP contribution in [0.5, 0.6) is 0 Å². The summed E-state index contributed by atoms with van der Waals surface area (Å²) >= 11 is 1.13. The van der Waals surface area contributed by atoms with E-state index in [1.807, 2.05) is 0 Å². The Balaban J connectivity index is 1.49. The molecule has 2 heterocycles. The average Bonchev–Trinajstić information content (AvgIpc) is 3.39. The fourth-order valence-electron chi connectivity index (χ4n) is 2.38. The fraction of sp³-hybridized carbons (Fsp3) is 0.158. The van der Waals surface area contributed by atoms with Crippen LogP contribution in [-0.2, 0) is 21.2 Å². The molecule has 2 N–H and O–H groups in total. The van der Waals surface area contributed by atoms with Crippen LogP contribution in [0.2, 0.25) is 0 Å². The minimum atomic E-state index is -3.45. The predicted molar refractivity (Wildman–Crippen MR) is 106 cm³/mol. The fourth-order valence-corrected chi connectivity index (χ4v) is 4.77. The van der Waals surface area contributed by atoms with Crippen LogP contribution in [0.1, 0.15) is 22.5 Å². The number of furan rings is 1. The molecule has 0 radical (unpaired) electrons. The molecule has 0 aliphatic carbocycles. The highest BCUT2D eigenvalue weighted by Crippen LogP contribution is 2.18. The second-order valence-corrected chi connectivity index (χ2v) is 9.17. The molecule has 3 rings (SSSR count). The lowest BCUT2D eigenvalue weighted by atomic mass is 10.2. The molecule has 0 spiro atoms. The third kappa shape index (κ3) is 5.30. The quantitative estimate of drug-likeness (QED) is 0.585. The van der Waals surface area contributed by atoms with Gasteiger partial charge in [-0.3, -0.25) is 9.59 Å². The third-order valence-electron chi connectivity index (χ3n) is 3.83. The summed E-state index contributed by atoms with van der Waals surface area (Å²) in [4.78, 5) is 24.1. The van der Waals surface area contributed by atoms with Gasteiger partial charge >= 0.3 is 0 Å². The van der Waals surface area contributed by atoms with Crippen LogP contribution >= 0.6 is 11.3 Å². The van der Waals surface area contributed by atoms with Crippen molar-refractivity contribution in [1.29, 1.82) is 0 Å². The van der Waals surface area contributed by atoms with Gasteiger partial charge in [0.1, 0.15) is 9.97 Å². The van der Waals surface area contributed by atoms with Crippen LogP contribution in [0.3, 0.4) is 0 Å². The molecule has 0 fully saturated rings. The lowest BCUT2D eigenvalue weighted by Crippen LogP contribution is -2.22. The van der Waals surface area contributed by atoms with Gasteiger partial charge in [-0.15, -0.1) is 11.3 Å². The zero-order chi connectivity index (χ0) is 20.0. The van der Waals surface area contributed by atoms with E-state index in [1.165, 1.54) is 12.3 Å². The molecule has 1 aromatic carbocycles. The van der Waals surface area contributed by atoms with E-state index in [9.17, 15) is 18.0 Å². The first-order chi connectivity index (χ1) is 13.4. The van der Waals surface area contributed by atoms with Crippen molar-refractivity contribution >= 4 is 38.7 Å². The second-order valence-electron chi connectivity index (χ2n) is 5.89. The Labute approximate surface area is 166 Å². The molecule has 2 aromatic heterocycles. The Morgan fingerprint density at radius 1 is 1.04 bits per heavy atom. The van der Waals surface area contributed by atoms with Crippen molar-refractivity contribution in [2.75, 3.05) is 11.1 Å². The maximum Gasteiger partial charge on any atom is 0.251 e. The van der Waals surface area contributed by atoms with Crippen molar-refractivity contribution in [2.24, 2.45) is 0 Å². The largest absolute Gasteiger partial charge is 0.467 e. The Hall–Kier alpha value is -2.91. The number of hydrogen-bond acceptors (Lipinski definition) is 6. The number of benzene rings is 1. The van der Waals surface area contributed by atoms with Crippen molar-refractivity contribution in [2.45, 2.75) is 17.2 Å². The zero-order valence-corrected chi connectivity index (χ0v) is 16.4. The van der Waals surface area contributed by atoms with Crippen LogP contribution in [0.15, 0.2) is 68.8 Å². The maximum absolute atomic E-state index is 12.1. The lowest BCUT2D eigenvalue weighted by molar-refractivity contribution is -0.115. The molecule has 146 valence electrons. The van der Waals surface area contributed by atoms with Gasteiger partial charge in [0.25, 0.3) is 5.91 Å². The predicted octanol–water partition coefficient (Wildman–Crippen LogP) is 3.07. The zero-order valence-electron chi connectivity index (χ0n) is 14.8. The van der Waals surface area contributed by atoms with Crippen LogP contribution in [-0.4, -0.2) is 26.0 Å². The smallest absolute Gasteiger partial charge is 0.251 e. The van der Waals surface area contributed by atoms with E-state index in [2.05, 4.69) is 10.6 Å². The minimum Gasteiger partial charge on any atom is -0.467 e. The summed E-state index contributed by atoms with van der Waals surface area (Å²) in [6.45, 7) is 0.281. The van der Waals surface area contributed by atoms with Crippen LogP contribution in [0, 0.1) is 0 Å². The number of amides is 2. The van der Waals surface area contributed by atoms with Crippen molar-refractivity contribution in [3.8, 4) is 0 Å². The summed E-state index contributed by atoms with van der Waals surface area (Å²) in [5.41, 5.74) is 0.922. The molecule has 9 heteroatoms. The molecule has 0 aliphatic heterocycles. The Morgan fingerprint density at radius 2 is 1.82 bits per heavy atom. The van der Waals surface area contributed by atoms with Crippen LogP contribution in [0.4, 0.5) is 5.69 Å². The molecule has 7 nitrogen and oxygen atoms in total. The van der Waals surface area contributed by atoms with Crippen molar-refractivity contribution < 1.29 is 22.4 Å². The van der Waals surface area contributed by atoms with E-state index in [0.29, 0.717) is 17.0 Å². The van der Waals surface area contributed by atoms with Crippen molar-refractivity contribution in [3.63, 3.8) is 0 Å². The SMILES string of the molecule is O=C(CCS(=O)(=O)c1cccs1)Nc1ccc(C(=O)NCc2ccco2)cc1. The van der Waals surface area contributed by atoms with Gasteiger partial charge in [0.2, 0.25) is 5.91 Å². The number of carbonyl (C=O) groups excluding carboxylic acids is 2. The number of carbonyl (C=O) groups is 2. The van der Waals surface area contributed by atoms with Gasteiger partial charge < -0.3 is 15.1 Å². The molecular weight excluding hydrogens is 400 g/mol. The van der Waals surface area contributed by atoms with Crippen molar-refractivity contribution in [1.82, 2.24) is 5.32 Å². The number of nitrogens with one attached hydrogen (secondary N) is 2. The summed E-state index contributed by atoms with van der Waals surface area (Å²) in [6, 6.07) is 13.0. The molecule has 0 atom stereocenters. The first kappa shape index (κ1) is 19.8. The molecule has 0 bridgehead atoms. The maximum atomic E-state index is 12.1. The first-order valence-corrected chi connectivity index (χ1v) is 10.9. The van der Waals surface area contributed by atoms with E-state index >= 15 is 0 Å². The monoisotopic (exact) mass is 418 g/mol. The Kier molecular flexibility index (Phi) is 6.27. The molecule has 28 heavy (non-hydrogen) atoms. The number of thiophene rings is 1. The summed E-state index contributed by atoms with van der Waals surface area (Å²) in [6.07, 6.45) is 1.39. The van der Waals surface area contributed by atoms with Crippen LogP contribution in [0.25, 0.3) is 0 Å². The summed E-state index contributed by atoms with van der Waals surface area (Å²) in [7, 11) is -3.45. The number of hydrogen-bond donors (Lipinski definition) is 2. The highest BCUT2D eigenvalue weighted by Gasteiger charge is 2.17. The van der Waals surface area contributed by atoms with Gasteiger partial charge in [0.05, 0.1) is 18.6 Å². The van der Waals surface area contributed by atoms with E-state index in [-0.39, 0.29) is 28.8 Å². The summed E-state index contributed by atoms with van der Waals surface area (Å²) in [5.74, 6) is -0.284. The van der Waals surface area contributed by atoms with Gasteiger partial charge in [0, 0.05) is 17.7 Å². The Morgan fingerprint density at radius 3 is 2.46 bits per heavy atom. The first-order valence-electron chi connectivity index (χ1n) is 8.41. The molecular formula is C19H18N2O5S2. The van der Waals surface area contributed by atoms with Gasteiger partial charge in [-0.2, -0.15) is 0 Å². The van der Waals surface area contributed by atoms with E-state index in [1.54, 1.807) is 47.8 Å². The molecule has 0 saturated heterocycles. The van der Waals surface area contributed by atoms with Gasteiger partial charge in [0.15, 0.2) is 9.84 Å². The lowest BCUT2D eigenvalue weighted by Gasteiger charge is -2.07. The summed E-state index contributed by atoms with van der Waals surface area (Å²) in [5, 5.41) is 7.04. The van der Waals surface area contributed by atoms with Gasteiger partial charge in [-0.25, -0.2) is 8.42 Å². The van der Waals surface area contributed by atoms with E-state index in [4.69, 9.17) is 4.42 Å². The van der Waals surface area contributed by atoms with E-state index < -0.39 is 15.7 Å².